The monoisotopic (exact) mass is 254 g/mol. The van der Waals surface area contributed by atoms with Gasteiger partial charge in [0.25, 0.3) is 5.69 Å². The van der Waals surface area contributed by atoms with Crippen molar-refractivity contribution in [3.63, 3.8) is 0 Å². The number of anilines is 1. The second-order valence-electron chi connectivity index (χ2n) is 4.18. The van der Waals surface area contributed by atoms with E-state index in [2.05, 4.69) is 0 Å². The maximum atomic E-state index is 11.0. The van der Waals surface area contributed by atoms with Crippen molar-refractivity contribution in [1.82, 2.24) is 0 Å². The fourth-order valence-corrected chi connectivity index (χ4v) is 1.70. The zero-order valence-electron chi connectivity index (χ0n) is 10.5. The Bertz CT molecular complexity index is 421. The van der Waals surface area contributed by atoms with Gasteiger partial charge in [0.15, 0.2) is 0 Å². The zero-order chi connectivity index (χ0) is 13.7. The number of nitro groups is 1. The molecule has 0 fully saturated rings. The second kappa shape index (κ2) is 6.32. The predicted molar refractivity (Wildman–Crippen MR) is 68.7 cm³/mol. The van der Waals surface area contributed by atoms with Crippen LogP contribution in [0, 0.1) is 10.1 Å². The van der Waals surface area contributed by atoms with Crippen molar-refractivity contribution in [2.45, 2.75) is 19.4 Å². The standard InChI is InChI=1S/C12H18N2O4/c1-9(16)10-4-5-11(12(8-10)14(17)18)13(2)6-3-7-15/h4-5,8-9,15-16H,3,6-7H2,1-2H3/t9-/m0/s1. The SMILES string of the molecule is C[C@H](O)c1ccc(N(C)CCCO)c([N+](=O)[O-])c1. The van der Waals surface area contributed by atoms with Crippen LogP contribution in [0.25, 0.3) is 0 Å². The largest absolute Gasteiger partial charge is 0.396 e. The van der Waals surface area contributed by atoms with E-state index in [0.29, 0.717) is 24.2 Å². The van der Waals surface area contributed by atoms with Crippen LogP contribution in [0.4, 0.5) is 11.4 Å². The summed E-state index contributed by atoms with van der Waals surface area (Å²) in [6.07, 6.45) is -0.188. The van der Waals surface area contributed by atoms with Gasteiger partial charge in [-0.15, -0.1) is 0 Å². The molecule has 100 valence electrons. The summed E-state index contributed by atoms with van der Waals surface area (Å²) in [5.74, 6) is 0. The summed E-state index contributed by atoms with van der Waals surface area (Å²) in [7, 11) is 1.74. The van der Waals surface area contributed by atoms with E-state index >= 15 is 0 Å². The summed E-state index contributed by atoms with van der Waals surface area (Å²) < 4.78 is 0. The molecule has 0 saturated heterocycles. The summed E-state index contributed by atoms with van der Waals surface area (Å²) >= 11 is 0. The molecule has 0 heterocycles. The molecular formula is C12H18N2O4. The molecule has 0 aliphatic carbocycles. The summed E-state index contributed by atoms with van der Waals surface area (Å²) in [5.41, 5.74) is 0.965. The van der Waals surface area contributed by atoms with Gasteiger partial charge in [0.1, 0.15) is 5.69 Å². The number of hydrogen-bond acceptors (Lipinski definition) is 5. The first-order valence-corrected chi connectivity index (χ1v) is 5.75. The number of aliphatic hydroxyl groups excluding tert-OH is 2. The smallest absolute Gasteiger partial charge is 0.292 e. The Labute approximate surface area is 106 Å². The molecule has 6 nitrogen and oxygen atoms in total. The van der Waals surface area contributed by atoms with Crippen LogP contribution in [0.2, 0.25) is 0 Å². The van der Waals surface area contributed by atoms with E-state index in [1.807, 2.05) is 0 Å². The third-order valence-electron chi connectivity index (χ3n) is 2.74. The molecule has 0 saturated carbocycles. The van der Waals surface area contributed by atoms with Crippen LogP contribution in [-0.4, -0.2) is 35.3 Å². The topological polar surface area (TPSA) is 86.8 Å². The van der Waals surface area contributed by atoms with Crippen LogP contribution in [0.1, 0.15) is 25.0 Å². The molecule has 0 aliphatic rings. The third kappa shape index (κ3) is 3.41. The molecule has 0 radical (unpaired) electrons. The molecule has 0 aromatic heterocycles. The molecule has 1 rings (SSSR count). The van der Waals surface area contributed by atoms with E-state index in [0.717, 1.165) is 0 Å². The fraction of sp³-hybridized carbons (Fsp3) is 0.500. The summed E-state index contributed by atoms with van der Waals surface area (Å²) in [6, 6.07) is 4.68. The number of nitrogens with zero attached hydrogens (tertiary/aromatic N) is 2. The second-order valence-corrected chi connectivity index (χ2v) is 4.18. The minimum absolute atomic E-state index is 0.0335. The molecular weight excluding hydrogens is 236 g/mol. The van der Waals surface area contributed by atoms with Crippen molar-refractivity contribution in [2.24, 2.45) is 0 Å². The predicted octanol–water partition coefficient (Wildman–Crippen LogP) is 1.47. The minimum atomic E-state index is -0.736. The Hall–Kier alpha value is -1.66. The molecule has 1 aromatic rings. The molecule has 0 bridgehead atoms. The molecule has 0 spiro atoms. The van der Waals surface area contributed by atoms with Crippen molar-refractivity contribution in [3.8, 4) is 0 Å². The van der Waals surface area contributed by atoms with Crippen molar-refractivity contribution in [2.75, 3.05) is 25.1 Å². The van der Waals surface area contributed by atoms with Gasteiger partial charge in [-0.25, -0.2) is 0 Å². The first kappa shape index (κ1) is 14.4. The van der Waals surface area contributed by atoms with E-state index in [9.17, 15) is 15.2 Å². The first-order valence-electron chi connectivity index (χ1n) is 5.75. The Balaban J connectivity index is 3.07. The van der Waals surface area contributed by atoms with Crippen molar-refractivity contribution in [1.29, 1.82) is 0 Å². The van der Waals surface area contributed by atoms with Crippen molar-refractivity contribution in [3.05, 3.63) is 33.9 Å². The highest BCUT2D eigenvalue weighted by Crippen LogP contribution is 2.30. The Morgan fingerprint density at radius 2 is 2.17 bits per heavy atom. The molecule has 2 N–H and O–H groups in total. The van der Waals surface area contributed by atoms with Gasteiger partial charge in [-0.3, -0.25) is 10.1 Å². The van der Waals surface area contributed by atoms with Gasteiger partial charge in [-0.05, 0) is 25.0 Å². The molecule has 0 aliphatic heterocycles. The van der Waals surface area contributed by atoms with Crippen LogP contribution in [0.5, 0.6) is 0 Å². The highest BCUT2D eigenvalue weighted by molar-refractivity contribution is 5.64. The lowest BCUT2D eigenvalue weighted by molar-refractivity contribution is -0.384. The zero-order valence-corrected chi connectivity index (χ0v) is 10.5. The molecule has 1 atom stereocenters. The molecule has 0 amide bonds. The van der Waals surface area contributed by atoms with Crippen molar-refractivity contribution < 1.29 is 15.1 Å². The Kier molecular flexibility index (Phi) is 5.06. The van der Waals surface area contributed by atoms with Gasteiger partial charge in [0.2, 0.25) is 0 Å². The van der Waals surface area contributed by atoms with Crippen LogP contribution in [0.15, 0.2) is 18.2 Å². The van der Waals surface area contributed by atoms with E-state index < -0.39 is 11.0 Å². The number of aliphatic hydroxyl groups is 2. The van der Waals surface area contributed by atoms with Crippen LogP contribution < -0.4 is 4.90 Å². The number of hydrogen-bond donors (Lipinski definition) is 2. The molecule has 1 aromatic carbocycles. The normalized spacial score (nSPS) is 12.2. The van der Waals surface area contributed by atoms with E-state index in [1.165, 1.54) is 6.07 Å². The Morgan fingerprint density at radius 1 is 1.50 bits per heavy atom. The van der Waals surface area contributed by atoms with Crippen LogP contribution in [-0.2, 0) is 0 Å². The molecule has 6 heteroatoms. The number of benzene rings is 1. The van der Waals surface area contributed by atoms with Gasteiger partial charge >= 0.3 is 0 Å². The lowest BCUT2D eigenvalue weighted by atomic mass is 10.1. The highest BCUT2D eigenvalue weighted by atomic mass is 16.6. The average molecular weight is 254 g/mol. The maximum absolute atomic E-state index is 11.0. The minimum Gasteiger partial charge on any atom is -0.396 e. The van der Waals surface area contributed by atoms with Crippen molar-refractivity contribution >= 4 is 11.4 Å². The first-order chi connectivity index (χ1) is 8.47. The molecule has 18 heavy (non-hydrogen) atoms. The summed E-state index contributed by atoms with van der Waals surface area (Å²) in [4.78, 5) is 12.3. The van der Waals surface area contributed by atoms with Gasteiger partial charge in [0.05, 0.1) is 11.0 Å². The van der Waals surface area contributed by atoms with Gasteiger partial charge < -0.3 is 15.1 Å². The Morgan fingerprint density at radius 3 is 2.67 bits per heavy atom. The van der Waals surface area contributed by atoms with E-state index in [-0.39, 0.29) is 12.3 Å². The maximum Gasteiger partial charge on any atom is 0.292 e. The molecule has 0 unspecified atom stereocenters. The number of rotatable bonds is 6. The van der Waals surface area contributed by atoms with Crippen LogP contribution in [0.3, 0.4) is 0 Å². The lowest BCUT2D eigenvalue weighted by Gasteiger charge is -2.19. The van der Waals surface area contributed by atoms with E-state index in [4.69, 9.17) is 5.11 Å². The van der Waals surface area contributed by atoms with Crippen LogP contribution >= 0.6 is 0 Å². The van der Waals surface area contributed by atoms with Gasteiger partial charge in [-0.2, -0.15) is 0 Å². The lowest BCUT2D eigenvalue weighted by Crippen LogP contribution is -2.20. The fourth-order valence-electron chi connectivity index (χ4n) is 1.70. The number of nitro benzene ring substituents is 1. The van der Waals surface area contributed by atoms with E-state index in [1.54, 1.807) is 31.0 Å². The third-order valence-corrected chi connectivity index (χ3v) is 2.74. The average Bonchev–Trinajstić information content (AvgIpc) is 2.34. The van der Waals surface area contributed by atoms with Gasteiger partial charge in [-0.1, -0.05) is 6.07 Å². The summed E-state index contributed by atoms with van der Waals surface area (Å²) in [5, 5.41) is 29.2. The van der Waals surface area contributed by atoms with Gasteiger partial charge in [0, 0.05) is 26.3 Å². The highest BCUT2D eigenvalue weighted by Gasteiger charge is 2.18. The summed E-state index contributed by atoms with van der Waals surface area (Å²) in [6.45, 7) is 2.14. The quantitative estimate of drug-likeness (QED) is 0.593.